The topological polar surface area (TPSA) is 88.1 Å². The van der Waals surface area contributed by atoms with Crippen LogP contribution < -0.4 is 5.73 Å². The molecule has 0 fully saturated rings. The van der Waals surface area contributed by atoms with Crippen LogP contribution in [-0.2, 0) is 16.0 Å². The first-order chi connectivity index (χ1) is 10.1. The lowest BCUT2D eigenvalue weighted by Gasteiger charge is -2.15. The zero-order valence-corrected chi connectivity index (χ0v) is 11.6. The Kier molecular flexibility index (Phi) is 4.76. The molecule has 2 aromatic rings. The minimum Gasteiger partial charge on any atom is -0.396 e. The third-order valence-corrected chi connectivity index (χ3v) is 2.92. The molecule has 1 unspecified atom stereocenters. The number of ether oxygens (including phenoxy) is 2. The van der Waals surface area contributed by atoms with E-state index < -0.39 is 11.6 Å². The predicted octanol–water partition coefficient (Wildman–Crippen LogP) is 0.862. The van der Waals surface area contributed by atoms with Crippen LogP contribution in [-0.4, -0.2) is 47.1 Å². The Morgan fingerprint density at radius 2 is 2.05 bits per heavy atom. The van der Waals surface area contributed by atoms with Crippen molar-refractivity contribution in [2.45, 2.75) is 12.6 Å². The zero-order valence-electron chi connectivity index (χ0n) is 11.6. The van der Waals surface area contributed by atoms with Gasteiger partial charge in [-0.05, 0) is 16.5 Å². The molecule has 114 valence electrons. The molecule has 1 aromatic carbocycles. The highest BCUT2D eigenvalue weighted by Crippen LogP contribution is 2.25. The van der Waals surface area contributed by atoms with E-state index in [1.165, 1.54) is 18.9 Å². The second-order valence-corrected chi connectivity index (χ2v) is 4.35. The van der Waals surface area contributed by atoms with Crippen molar-refractivity contribution < 1.29 is 18.3 Å². The van der Waals surface area contributed by atoms with Crippen LogP contribution in [0.4, 0.5) is 14.5 Å². The first-order valence-electron chi connectivity index (χ1n) is 6.09. The van der Waals surface area contributed by atoms with Crippen molar-refractivity contribution >= 4 is 5.69 Å². The van der Waals surface area contributed by atoms with Gasteiger partial charge in [0, 0.05) is 20.3 Å². The smallest absolute Gasteiger partial charge is 0.185 e. The van der Waals surface area contributed by atoms with Gasteiger partial charge in [0.2, 0.25) is 0 Å². The van der Waals surface area contributed by atoms with Crippen molar-refractivity contribution in [2.24, 2.45) is 0 Å². The standard InChI is InChI=1S/C12H15F2N5O2/c1-20-6-7(21-2)5-19-12(16-17-18-19)8-3-11(15)10(14)4-9(8)13/h3-4,7H,5-6,15H2,1-2H3. The summed E-state index contributed by atoms with van der Waals surface area (Å²) >= 11 is 0. The number of tetrazole rings is 1. The molecule has 0 aliphatic carbocycles. The van der Waals surface area contributed by atoms with Gasteiger partial charge in [-0.25, -0.2) is 13.5 Å². The number of nitrogens with zero attached hydrogens (tertiary/aromatic N) is 4. The number of halogens is 2. The fourth-order valence-corrected chi connectivity index (χ4v) is 1.83. The molecule has 0 bridgehead atoms. The molecule has 0 radical (unpaired) electrons. The molecule has 0 aliphatic rings. The summed E-state index contributed by atoms with van der Waals surface area (Å²) in [4.78, 5) is 0. The minimum atomic E-state index is -0.829. The Bertz CT molecular complexity index is 620. The Morgan fingerprint density at radius 3 is 2.71 bits per heavy atom. The number of nitrogen functional groups attached to an aromatic ring is 1. The Labute approximate surface area is 119 Å². The number of benzene rings is 1. The van der Waals surface area contributed by atoms with Crippen molar-refractivity contribution in [3.63, 3.8) is 0 Å². The molecule has 2 N–H and O–H groups in total. The van der Waals surface area contributed by atoms with Crippen LogP contribution in [0.2, 0.25) is 0 Å². The monoisotopic (exact) mass is 299 g/mol. The summed E-state index contributed by atoms with van der Waals surface area (Å²) < 4.78 is 38.6. The van der Waals surface area contributed by atoms with Gasteiger partial charge in [-0.1, -0.05) is 0 Å². The third-order valence-electron chi connectivity index (χ3n) is 2.92. The van der Waals surface area contributed by atoms with Gasteiger partial charge >= 0.3 is 0 Å². The largest absolute Gasteiger partial charge is 0.396 e. The highest BCUT2D eigenvalue weighted by molar-refractivity contribution is 5.62. The fourth-order valence-electron chi connectivity index (χ4n) is 1.83. The molecule has 7 nitrogen and oxygen atoms in total. The lowest BCUT2D eigenvalue weighted by atomic mass is 10.1. The number of aromatic nitrogens is 4. The van der Waals surface area contributed by atoms with Gasteiger partial charge in [0.1, 0.15) is 17.7 Å². The van der Waals surface area contributed by atoms with E-state index >= 15 is 0 Å². The molecule has 1 heterocycles. The molecule has 2 rings (SSSR count). The Balaban J connectivity index is 2.34. The normalized spacial score (nSPS) is 12.6. The molecule has 0 amide bonds. The summed E-state index contributed by atoms with van der Waals surface area (Å²) in [7, 11) is 3.05. The van der Waals surface area contributed by atoms with Crippen molar-refractivity contribution in [3.05, 3.63) is 23.8 Å². The van der Waals surface area contributed by atoms with Gasteiger partial charge in [0.15, 0.2) is 5.82 Å². The lowest BCUT2D eigenvalue weighted by Crippen LogP contribution is -2.25. The van der Waals surface area contributed by atoms with Crippen molar-refractivity contribution in [1.82, 2.24) is 20.2 Å². The van der Waals surface area contributed by atoms with E-state index in [0.29, 0.717) is 12.7 Å². The number of hydrogen-bond donors (Lipinski definition) is 1. The molecule has 21 heavy (non-hydrogen) atoms. The summed E-state index contributed by atoms with van der Waals surface area (Å²) in [5.41, 5.74) is 5.30. The summed E-state index contributed by atoms with van der Waals surface area (Å²) in [5, 5.41) is 11.0. The van der Waals surface area contributed by atoms with Crippen LogP contribution in [0, 0.1) is 11.6 Å². The lowest BCUT2D eigenvalue weighted by molar-refractivity contribution is 0.0163. The van der Waals surface area contributed by atoms with Gasteiger partial charge in [0.25, 0.3) is 0 Å². The van der Waals surface area contributed by atoms with Crippen LogP contribution in [0.15, 0.2) is 12.1 Å². The first kappa shape index (κ1) is 15.3. The molecule has 0 spiro atoms. The molecule has 0 saturated heterocycles. The van der Waals surface area contributed by atoms with E-state index in [9.17, 15) is 8.78 Å². The minimum absolute atomic E-state index is 0.0196. The molecule has 9 heteroatoms. The molecule has 1 aromatic heterocycles. The van der Waals surface area contributed by atoms with E-state index in [2.05, 4.69) is 15.5 Å². The van der Waals surface area contributed by atoms with Crippen molar-refractivity contribution in [1.29, 1.82) is 0 Å². The molecular weight excluding hydrogens is 284 g/mol. The van der Waals surface area contributed by atoms with Crippen LogP contribution in [0.1, 0.15) is 0 Å². The zero-order chi connectivity index (χ0) is 15.4. The van der Waals surface area contributed by atoms with Gasteiger partial charge < -0.3 is 15.2 Å². The van der Waals surface area contributed by atoms with Crippen LogP contribution in [0.3, 0.4) is 0 Å². The van der Waals surface area contributed by atoms with Gasteiger partial charge in [-0.3, -0.25) is 0 Å². The highest BCUT2D eigenvalue weighted by atomic mass is 19.1. The Hall–Kier alpha value is -2.13. The third kappa shape index (κ3) is 3.31. The average molecular weight is 299 g/mol. The number of methoxy groups -OCH3 is 2. The summed E-state index contributed by atoms with van der Waals surface area (Å²) in [6.45, 7) is 0.577. The number of hydrogen-bond acceptors (Lipinski definition) is 6. The second-order valence-electron chi connectivity index (χ2n) is 4.35. The number of nitrogens with two attached hydrogens (primary N) is 1. The van der Waals surface area contributed by atoms with E-state index in [1.54, 1.807) is 0 Å². The number of rotatable bonds is 6. The molecule has 1 atom stereocenters. The SMILES string of the molecule is COCC(Cn1nnnc1-c1cc(N)c(F)cc1F)OC. The summed E-state index contributed by atoms with van der Waals surface area (Å²) in [6, 6.07) is 1.86. The molecule has 0 aliphatic heterocycles. The van der Waals surface area contributed by atoms with Crippen LogP contribution >= 0.6 is 0 Å². The summed E-state index contributed by atoms with van der Waals surface area (Å²) in [6.07, 6.45) is -0.307. The quantitative estimate of drug-likeness (QED) is 0.796. The maximum atomic E-state index is 13.9. The van der Waals surface area contributed by atoms with Crippen molar-refractivity contribution in [2.75, 3.05) is 26.6 Å². The predicted molar refractivity (Wildman–Crippen MR) is 70.3 cm³/mol. The summed E-state index contributed by atoms with van der Waals surface area (Å²) in [5.74, 6) is -1.49. The first-order valence-corrected chi connectivity index (χ1v) is 6.09. The van der Waals surface area contributed by atoms with Crippen molar-refractivity contribution in [3.8, 4) is 11.4 Å². The van der Waals surface area contributed by atoms with E-state index in [0.717, 1.165) is 6.07 Å². The van der Waals surface area contributed by atoms with E-state index in [-0.39, 0.29) is 29.7 Å². The van der Waals surface area contributed by atoms with E-state index in [4.69, 9.17) is 15.2 Å². The Morgan fingerprint density at radius 1 is 1.29 bits per heavy atom. The van der Waals surface area contributed by atoms with Gasteiger partial charge in [0.05, 0.1) is 24.4 Å². The van der Waals surface area contributed by atoms with Gasteiger partial charge in [-0.15, -0.1) is 5.10 Å². The van der Waals surface area contributed by atoms with E-state index in [1.807, 2.05) is 0 Å². The molecular formula is C12H15F2N5O2. The maximum absolute atomic E-state index is 13.9. The average Bonchev–Trinajstić information content (AvgIpc) is 2.90. The molecule has 0 saturated carbocycles. The number of anilines is 1. The van der Waals surface area contributed by atoms with Gasteiger partial charge in [-0.2, -0.15) is 0 Å². The van der Waals surface area contributed by atoms with Crippen LogP contribution in [0.25, 0.3) is 11.4 Å². The highest BCUT2D eigenvalue weighted by Gasteiger charge is 2.18. The fraction of sp³-hybridized carbons (Fsp3) is 0.417. The second kappa shape index (κ2) is 6.55. The maximum Gasteiger partial charge on any atom is 0.185 e. The van der Waals surface area contributed by atoms with Crippen LogP contribution in [0.5, 0.6) is 0 Å².